The van der Waals surface area contributed by atoms with Gasteiger partial charge < -0.3 is 5.11 Å². The molecule has 0 aliphatic carbocycles. The summed E-state index contributed by atoms with van der Waals surface area (Å²) in [5.74, 6) is 0.219. The fraction of sp³-hybridized carbons (Fsp3) is 1.00. The molecule has 0 spiro atoms. The van der Waals surface area contributed by atoms with Crippen LogP contribution in [0.5, 0.6) is 0 Å². The van der Waals surface area contributed by atoms with Crippen LogP contribution in [-0.2, 0) is 10.0 Å². The van der Waals surface area contributed by atoms with E-state index in [2.05, 4.69) is 0 Å². The summed E-state index contributed by atoms with van der Waals surface area (Å²) in [5.41, 5.74) is -0.644. The summed E-state index contributed by atoms with van der Waals surface area (Å²) in [6, 6.07) is 0. The van der Waals surface area contributed by atoms with E-state index >= 15 is 0 Å². The average Bonchev–Trinajstić information content (AvgIpc) is 2.30. The summed E-state index contributed by atoms with van der Waals surface area (Å²) >= 11 is 0. The van der Waals surface area contributed by atoms with Crippen LogP contribution in [0.2, 0.25) is 0 Å². The van der Waals surface area contributed by atoms with Crippen LogP contribution in [0.4, 0.5) is 0 Å². The molecule has 0 atom stereocenters. The van der Waals surface area contributed by atoms with Gasteiger partial charge in [0.25, 0.3) is 0 Å². The van der Waals surface area contributed by atoms with Crippen molar-refractivity contribution < 1.29 is 13.5 Å². The number of rotatable bonds is 2. The summed E-state index contributed by atoms with van der Waals surface area (Å²) in [5, 5.41) is 8.98. The molecule has 1 aliphatic heterocycles. The molecule has 5 heteroatoms. The maximum absolute atomic E-state index is 11.4. The molecule has 1 heterocycles. The number of sulfonamides is 1. The molecule has 0 aromatic rings. The fourth-order valence-corrected chi connectivity index (χ4v) is 3.33. The van der Waals surface area contributed by atoms with Crippen molar-refractivity contribution in [2.24, 2.45) is 0 Å². The summed E-state index contributed by atoms with van der Waals surface area (Å²) in [7, 11) is -3.08. The summed E-state index contributed by atoms with van der Waals surface area (Å²) in [6.07, 6.45) is 0.672. The predicted octanol–water partition coefficient (Wildman–Crippen LogP) is -0.207. The van der Waals surface area contributed by atoms with E-state index in [9.17, 15) is 8.42 Å². The second-order valence-corrected chi connectivity index (χ2v) is 5.73. The van der Waals surface area contributed by atoms with E-state index in [-0.39, 0.29) is 12.4 Å². The van der Waals surface area contributed by atoms with Gasteiger partial charge in [-0.1, -0.05) is 0 Å². The summed E-state index contributed by atoms with van der Waals surface area (Å²) in [6.45, 7) is 3.87. The molecule has 12 heavy (non-hydrogen) atoms. The van der Waals surface area contributed by atoms with E-state index in [1.165, 1.54) is 4.31 Å². The van der Waals surface area contributed by atoms with E-state index in [1.54, 1.807) is 13.8 Å². The zero-order chi connectivity index (χ0) is 9.41. The highest BCUT2D eigenvalue weighted by Gasteiger charge is 2.38. The van der Waals surface area contributed by atoms with Gasteiger partial charge in [0.2, 0.25) is 10.0 Å². The molecule has 4 nitrogen and oxygen atoms in total. The molecule has 0 radical (unpaired) electrons. The second kappa shape index (κ2) is 2.97. The lowest BCUT2D eigenvalue weighted by atomic mass is 10.1. The molecule has 0 unspecified atom stereocenters. The van der Waals surface area contributed by atoms with Crippen molar-refractivity contribution in [2.75, 3.05) is 18.9 Å². The first-order chi connectivity index (χ1) is 5.40. The number of aliphatic hydroxyl groups is 1. The Kier molecular flexibility index (Phi) is 2.47. The van der Waals surface area contributed by atoms with Crippen molar-refractivity contribution >= 4 is 10.0 Å². The smallest absolute Gasteiger partial charge is 0.214 e. The van der Waals surface area contributed by atoms with Crippen LogP contribution in [0.1, 0.15) is 20.3 Å². The van der Waals surface area contributed by atoms with Crippen LogP contribution in [0.25, 0.3) is 0 Å². The van der Waals surface area contributed by atoms with Gasteiger partial charge in [0.15, 0.2) is 0 Å². The van der Waals surface area contributed by atoms with Gasteiger partial charge in [-0.25, -0.2) is 8.42 Å². The lowest BCUT2D eigenvalue weighted by Crippen LogP contribution is -2.47. The third kappa shape index (κ3) is 1.62. The monoisotopic (exact) mass is 193 g/mol. The Morgan fingerprint density at radius 3 is 2.42 bits per heavy atom. The van der Waals surface area contributed by atoms with Gasteiger partial charge >= 0.3 is 0 Å². The molecule has 1 saturated heterocycles. The van der Waals surface area contributed by atoms with Crippen molar-refractivity contribution in [2.45, 2.75) is 25.8 Å². The number of nitrogens with zero attached hydrogens (tertiary/aromatic N) is 1. The molecule has 1 N–H and O–H groups in total. The Labute approximate surface area is 73.2 Å². The van der Waals surface area contributed by atoms with Gasteiger partial charge in [0.1, 0.15) is 0 Å². The Morgan fingerprint density at radius 2 is 2.08 bits per heavy atom. The number of hydrogen-bond acceptors (Lipinski definition) is 3. The van der Waals surface area contributed by atoms with Crippen molar-refractivity contribution in [3.63, 3.8) is 0 Å². The molecule has 1 aliphatic rings. The minimum absolute atomic E-state index is 0.133. The standard InChI is InChI=1S/C7H15NO3S/c1-7(2,6-9)8-4-3-5-12(8,10)11/h9H,3-6H2,1-2H3. The first-order valence-electron chi connectivity index (χ1n) is 4.01. The molecule has 0 bridgehead atoms. The minimum Gasteiger partial charge on any atom is -0.394 e. The van der Waals surface area contributed by atoms with Gasteiger partial charge in [0.05, 0.1) is 17.9 Å². The lowest BCUT2D eigenvalue weighted by molar-refractivity contribution is 0.128. The maximum Gasteiger partial charge on any atom is 0.214 e. The van der Waals surface area contributed by atoms with Crippen LogP contribution in [0.3, 0.4) is 0 Å². The Morgan fingerprint density at radius 1 is 1.50 bits per heavy atom. The van der Waals surface area contributed by atoms with Crippen LogP contribution in [0.15, 0.2) is 0 Å². The van der Waals surface area contributed by atoms with Gasteiger partial charge in [-0.2, -0.15) is 4.31 Å². The van der Waals surface area contributed by atoms with Crippen molar-refractivity contribution in [3.8, 4) is 0 Å². The quantitative estimate of drug-likeness (QED) is 0.660. The van der Waals surface area contributed by atoms with Crippen molar-refractivity contribution in [3.05, 3.63) is 0 Å². The molecule has 0 aromatic carbocycles. The van der Waals surface area contributed by atoms with Crippen LogP contribution >= 0.6 is 0 Å². The van der Waals surface area contributed by atoms with Crippen LogP contribution in [-0.4, -0.2) is 42.3 Å². The van der Waals surface area contributed by atoms with E-state index in [1.807, 2.05) is 0 Å². The zero-order valence-electron chi connectivity index (χ0n) is 7.45. The Hall–Kier alpha value is -0.130. The van der Waals surface area contributed by atoms with E-state index in [0.717, 1.165) is 0 Å². The third-order valence-electron chi connectivity index (χ3n) is 2.16. The van der Waals surface area contributed by atoms with Gasteiger partial charge in [0, 0.05) is 6.54 Å². The zero-order valence-corrected chi connectivity index (χ0v) is 8.26. The van der Waals surface area contributed by atoms with E-state index < -0.39 is 15.6 Å². The SMILES string of the molecule is CC(C)(CO)N1CCCS1(=O)=O. The molecular formula is C7H15NO3S. The molecular weight excluding hydrogens is 178 g/mol. The van der Waals surface area contributed by atoms with Gasteiger partial charge in [-0.15, -0.1) is 0 Å². The third-order valence-corrected chi connectivity index (χ3v) is 4.31. The van der Waals surface area contributed by atoms with Crippen LogP contribution in [0, 0.1) is 0 Å². The first-order valence-corrected chi connectivity index (χ1v) is 5.62. The highest BCUT2D eigenvalue weighted by molar-refractivity contribution is 7.89. The molecule has 1 fully saturated rings. The lowest BCUT2D eigenvalue weighted by Gasteiger charge is -2.31. The Balaban J connectivity index is 2.90. The summed E-state index contributed by atoms with van der Waals surface area (Å²) in [4.78, 5) is 0. The minimum atomic E-state index is -3.08. The number of hydrogen-bond donors (Lipinski definition) is 1. The Bertz CT molecular complexity index is 258. The van der Waals surface area contributed by atoms with Crippen molar-refractivity contribution in [1.82, 2.24) is 4.31 Å². The molecule has 1 rings (SSSR count). The largest absolute Gasteiger partial charge is 0.394 e. The maximum atomic E-state index is 11.4. The van der Waals surface area contributed by atoms with E-state index in [4.69, 9.17) is 5.11 Å². The molecule has 72 valence electrons. The molecule has 0 saturated carbocycles. The van der Waals surface area contributed by atoms with Gasteiger partial charge in [-0.3, -0.25) is 0 Å². The second-order valence-electron chi connectivity index (χ2n) is 3.71. The number of aliphatic hydroxyl groups excluding tert-OH is 1. The van der Waals surface area contributed by atoms with E-state index in [0.29, 0.717) is 13.0 Å². The highest BCUT2D eigenvalue weighted by atomic mass is 32.2. The van der Waals surface area contributed by atoms with Crippen LogP contribution < -0.4 is 0 Å². The molecule has 0 aromatic heterocycles. The molecule has 0 amide bonds. The first kappa shape index (κ1) is 9.95. The normalized spacial score (nSPS) is 24.6. The fourth-order valence-electron chi connectivity index (χ4n) is 1.40. The topological polar surface area (TPSA) is 57.6 Å². The summed E-state index contributed by atoms with van der Waals surface area (Å²) < 4.78 is 24.2. The van der Waals surface area contributed by atoms with Gasteiger partial charge in [-0.05, 0) is 20.3 Å². The average molecular weight is 193 g/mol. The predicted molar refractivity (Wildman–Crippen MR) is 46.3 cm³/mol. The highest BCUT2D eigenvalue weighted by Crippen LogP contribution is 2.24. The van der Waals surface area contributed by atoms with Crippen molar-refractivity contribution in [1.29, 1.82) is 0 Å².